The Morgan fingerprint density at radius 1 is 0.977 bits per heavy atom. The number of amides is 1. The van der Waals surface area contributed by atoms with Gasteiger partial charge in [0, 0.05) is 53.6 Å². The van der Waals surface area contributed by atoms with Crippen LogP contribution < -0.4 is 10.6 Å². The maximum atomic E-state index is 14.7. The molecule has 1 saturated carbocycles. The SMILES string of the molecule is CN(C)CCNc1cc(F)cc(-c2cncc3[nH]c(-c4n[nH]c5cnc(-c6cncc(NC(=O)C7CCC7)c6)cc45)nc23)c1. The number of carbonyl (C=O) groups excluding carboxylic acids is 1. The molecule has 0 saturated heterocycles. The van der Waals surface area contributed by atoms with Crippen molar-refractivity contribution in [1.82, 2.24) is 40.0 Å². The van der Waals surface area contributed by atoms with Gasteiger partial charge in [0.05, 0.1) is 46.5 Å². The predicted molar refractivity (Wildman–Crippen MR) is 168 cm³/mol. The number of H-pyrrole nitrogens is 2. The van der Waals surface area contributed by atoms with Crippen molar-refractivity contribution >= 4 is 39.2 Å². The van der Waals surface area contributed by atoms with Gasteiger partial charge in [0.1, 0.15) is 11.5 Å². The maximum absolute atomic E-state index is 14.7. The highest BCUT2D eigenvalue weighted by Crippen LogP contribution is 2.34. The van der Waals surface area contributed by atoms with Crippen molar-refractivity contribution < 1.29 is 9.18 Å². The third-order valence-electron chi connectivity index (χ3n) is 7.94. The van der Waals surface area contributed by atoms with Gasteiger partial charge in [0.25, 0.3) is 0 Å². The van der Waals surface area contributed by atoms with Crippen LogP contribution in [0.4, 0.5) is 15.8 Å². The number of anilines is 2. The second-order valence-corrected chi connectivity index (χ2v) is 11.4. The van der Waals surface area contributed by atoms with Crippen molar-refractivity contribution in [2.75, 3.05) is 37.8 Å². The molecule has 1 fully saturated rings. The third-order valence-corrected chi connectivity index (χ3v) is 7.94. The Morgan fingerprint density at radius 2 is 1.82 bits per heavy atom. The molecule has 222 valence electrons. The Hall–Kier alpha value is -5.23. The normalized spacial score (nSPS) is 13.5. The Balaban J connectivity index is 1.21. The predicted octanol–water partition coefficient (Wildman–Crippen LogP) is 5.48. The molecule has 0 radical (unpaired) electrons. The van der Waals surface area contributed by atoms with Crippen LogP contribution in [0, 0.1) is 11.7 Å². The van der Waals surface area contributed by atoms with E-state index >= 15 is 0 Å². The minimum atomic E-state index is -0.345. The van der Waals surface area contributed by atoms with E-state index in [1.807, 2.05) is 32.3 Å². The summed E-state index contributed by atoms with van der Waals surface area (Å²) in [6, 6.07) is 8.67. The highest BCUT2D eigenvalue weighted by atomic mass is 19.1. The van der Waals surface area contributed by atoms with Crippen LogP contribution in [0.2, 0.25) is 0 Å². The van der Waals surface area contributed by atoms with Gasteiger partial charge in [-0.25, -0.2) is 9.37 Å². The number of rotatable bonds is 9. The summed E-state index contributed by atoms with van der Waals surface area (Å²) in [5, 5.41) is 14.7. The van der Waals surface area contributed by atoms with E-state index in [1.54, 1.807) is 31.0 Å². The fraction of sp³-hybridized carbons (Fsp3) is 0.250. The molecule has 11 nitrogen and oxygen atoms in total. The summed E-state index contributed by atoms with van der Waals surface area (Å²) in [5.41, 5.74) is 6.86. The van der Waals surface area contributed by atoms with E-state index in [1.165, 1.54) is 12.1 Å². The van der Waals surface area contributed by atoms with Crippen LogP contribution in [0.5, 0.6) is 0 Å². The number of likely N-dealkylation sites (N-methyl/N-ethyl adjacent to an activating group) is 1. The van der Waals surface area contributed by atoms with Gasteiger partial charge in [-0.1, -0.05) is 6.42 Å². The zero-order chi connectivity index (χ0) is 30.2. The quantitative estimate of drug-likeness (QED) is 0.174. The van der Waals surface area contributed by atoms with Crippen LogP contribution in [0.15, 0.2) is 61.3 Å². The lowest BCUT2D eigenvalue weighted by atomic mass is 9.85. The molecule has 7 rings (SSSR count). The summed E-state index contributed by atoms with van der Waals surface area (Å²) in [6.07, 6.45) is 11.4. The molecule has 5 heterocycles. The molecule has 0 spiro atoms. The van der Waals surface area contributed by atoms with Gasteiger partial charge in [-0.05, 0) is 62.8 Å². The second-order valence-electron chi connectivity index (χ2n) is 11.4. The summed E-state index contributed by atoms with van der Waals surface area (Å²) in [7, 11) is 3.99. The molecule has 1 amide bonds. The Morgan fingerprint density at radius 3 is 2.64 bits per heavy atom. The molecule has 6 aromatic rings. The number of benzene rings is 1. The first-order valence-electron chi connectivity index (χ1n) is 14.6. The van der Waals surface area contributed by atoms with Crippen LogP contribution in [-0.4, -0.2) is 73.1 Å². The first kappa shape index (κ1) is 27.6. The van der Waals surface area contributed by atoms with Gasteiger partial charge in [0.2, 0.25) is 5.91 Å². The molecule has 4 N–H and O–H groups in total. The van der Waals surface area contributed by atoms with Gasteiger partial charge in [-0.2, -0.15) is 5.10 Å². The topological polar surface area (TPSA) is 140 Å². The largest absolute Gasteiger partial charge is 0.384 e. The lowest BCUT2D eigenvalue weighted by Gasteiger charge is -2.24. The summed E-state index contributed by atoms with van der Waals surface area (Å²) >= 11 is 0. The van der Waals surface area contributed by atoms with Crippen LogP contribution >= 0.6 is 0 Å². The van der Waals surface area contributed by atoms with Crippen LogP contribution in [0.25, 0.3) is 55.8 Å². The number of halogens is 1. The highest BCUT2D eigenvalue weighted by molar-refractivity contribution is 5.98. The van der Waals surface area contributed by atoms with Gasteiger partial charge in [-0.15, -0.1) is 0 Å². The number of nitrogens with zero attached hydrogens (tertiary/aromatic N) is 6. The molecule has 44 heavy (non-hydrogen) atoms. The van der Waals surface area contributed by atoms with E-state index in [4.69, 9.17) is 4.98 Å². The zero-order valence-corrected chi connectivity index (χ0v) is 24.4. The average molecular weight is 591 g/mol. The molecule has 0 atom stereocenters. The van der Waals surface area contributed by atoms with Crippen LogP contribution in [0.3, 0.4) is 0 Å². The highest BCUT2D eigenvalue weighted by Gasteiger charge is 2.25. The van der Waals surface area contributed by atoms with Crippen molar-refractivity contribution in [2.24, 2.45) is 5.92 Å². The molecular formula is C32H31FN10O. The fourth-order valence-corrected chi connectivity index (χ4v) is 5.35. The number of aromatic amines is 2. The minimum absolute atomic E-state index is 0.0320. The molecule has 0 aliphatic heterocycles. The molecule has 0 bridgehead atoms. The lowest BCUT2D eigenvalue weighted by Crippen LogP contribution is -2.28. The molecule has 1 aromatic carbocycles. The number of nitrogens with one attached hydrogen (secondary N) is 4. The average Bonchev–Trinajstić information content (AvgIpc) is 3.59. The van der Waals surface area contributed by atoms with E-state index < -0.39 is 0 Å². The molecule has 1 aliphatic rings. The van der Waals surface area contributed by atoms with E-state index in [9.17, 15) is 9.18 Å². The monoisotopic (exact) mass is 590 g/mol. The fourth-order valence-electron chi connectivity index (χ4n) is 5.35. The standard InChI is InChI=1S/C32H31FN10O/c1-43(2)7-6-36-22-9-19(8-21(33)11-22)25-15-35-16-28-29(25)40-31(39-28)30-24-12-26(37-17-27(24)41-42-30)20-10-23(14-34-13-20)38-32(44)18-4-3-5-18/h8-18,36H,3-7H2,1-2H3,(H,38,44)(H,39,40)(H,41,42). The van der Waals surface area contributed by atoms with Gasteiger partial charge in [-0.3, -0.25) is 24.8 Å². The Kier molecular flexibility index (Phi) is 7.18. The van der Waals surface area contributed by atoms with Crippen molar-refractivity contribution in [3.8, 4) is 33.9 Å². The third kappa shape index (κ3) is 5.47. The minimum Gasteiger partial charge on any atom is -0.384 e. The molecule has 12 heteroatoms. The molecule has 0 unspecified atom stereocenters. The number of hydrogen-bond acceptors (Lipinski definition) is 8. The summed E-state index contributed by atoms with van der Waals surface area (Å²) in [4.78, 5) is 36.1. The number of imidazole rings is 1. The number of aromatic nitrogens is 7. The van der Waals surface area contributed by atoms with Gasteiger partial charge < -0.3 is 20.5 Å². The maximum Gasteiger partial charge on any atom is 0.227 e. The second kappa shape index (κ2) is 11.5. The summed E-state index contributed by atoms with van der Waals surface area (Å²) in [5.74, 6) is 0.304. The van der Waals surface area contributed by atoms with Crippen LogP contribution in [0.1, 0.15) is 19.3 Å². The van der Waals surface area contributed by atoms with E-state index in [-0.39, 0.29) is 17.6 Å². The first-order valence-corrected chi connectivity index (χ1v) is 14.6. The summed E-state index contributed by atoms with van der Waals surface area (Å²) in [6.45, 7) is 1.50. The zero-order valence-electron chi connectivity index (χ0n) is 24.4. The molecular weight excluding hydrogens is 559 g/mol. The number of fused-ring (bicyclic) bond motifs is 2. The van der Waals surface area contributed by atoms with Crippen molar-refractivity contribution in [1.29, 1.82) is 0 Å². The Labute approximate surface area is 252 Å². The van der Waals surface area contributed by atoms with Crippen molar-refractivity contribution in [2.45, 2.75) is 19.3 Å². The van der Waals surface area contributed by atoms with E-state index in [2.05, 4.69) is 45.7 Å². The number of carbonyl (C=O) groups is 1. The van der Waals surface area contributed by atoms with E-state index in [0.717, 1.165) is 42.3 Å². The smallest absolute Gasteiger partial charge is 0.227 e. The van der Waals surface area contributed by atoms with E-state index in [0.29, 0.717) is 57.3 Å². The lowest BCUT2D eigenvalue weighted by molar-refractivity contribution is -0.122. The Bertz CT molecular complexity index is 1990. The molecule has 1 aliphatic carbocycles. The van der Waals surface area contributed by atoms with Crippen molar-refractivity contribution in [3.63, 3.8) is 0 Å². The first-order chi connectivity index (χ1) is 21.4. The summed E-state index contributed by atoms with van der Waals surface area (Å²) < 4.78 is 14.7. The molecule has 5 aromatic heterocycles. The number of pyridine rings is 3. The van der Waals surface area contributed by atoms with Gasteiger partial charge >= 0.3 is 0 Å². The van der Waals surface area contributed by atoms with Crippen molar-refractivity contribution in [3.05, 3.63) is 67.1 Å². The number of hydrogen-bond donors (Lipinski definition) is 4. The van der Waals surface area contributed by atoms with Gasteiger partial charge in [0.15, 0.2) is 5.82 Å². The van der Waals surface area contributed by atoms with Crippen LogP contribution in [-0.2, 0) is 4.79 Å².